The average molecular weight is 465 g/mol. The molecule has 168 valence electrons. The van der Waals surface area contributed by atoms with Crippen LogP contribution in [0.5, 0.6) is 11.6 Å². The van der Waals surface area contributed by atoms with E-state index in [1.54, 1.807) is 29.6 Å². The molecule has 2 atom stereocenters. The van der Waals surface area contributed by atoms with Crippen LogP contribution in [-0.4, -0.2) is 38.7 Å². The van der Waals surface area contributed by atoms with Crippen LogP contribution in [-0.2, 0) is 11.2 Å². The standard InChI is InChI=1S/C24H21ClN4O4/c1-13-18(7-6-15(11-26)21(13)25)29-23(31)22-19-10-16(28(22)24(29)32)12-27(19)20(30)9-14-4-3-5-17(8-14)33-2/h3-8,16,19,31H,9-10,12H2,1-2H3/t16-,19?/m1/s1. The number of halogens is 1. The number of amides is 1. The lowest BCUT2D eigenvalue weighted by Gasteiger charge is -2.27. The first-order valence-electron chi connectivity index (χ1n) is 10.5. The zero-order valence-corrected chi connectivity index (χ0v) is 18.8. The Morgan fingerprint density at radius 2 is 2.12 bits per heavy atom. The normalized spacial score (nSPS) is 18.3. The summed E-state index contributed by atoms with van der Waals surface area (Å²) in [6.45, 7) is 2.11. The Morgan fingerprint density at radius 1 is 1.33 bits per heavy atom. The van der Waals surface area contributed by atoms with Gasteiger partial charge in [-0.15, -0.1) is 0 Å². The minimum absolute atomic E-state index is 0.0702. The van der Waals surface area contributed by atoms with E-state index in [9.17, 15) is 20.0 Å². The maximum atomic E-state index is 13.3. The zero-order chi connectivity index (χ0) is 23.4. The number of hydrogen-bond donors (Lipinski definition) is 1. The summed E-state index contributed by atoms with van der Waals surface area (Å²) in [7, 11) is 1.58. The molecule has 1 amide bonds. The van der Waals surface area contributed by atoms with Gasteiger partial charge in [0.25, 0.3) is 0 Å². The van der Waals surface area contributed by atoms with Crippen LogP contribution in [0.2, 0.25) is 5.02 Å². The summed E-state index contributed by atoms with van der Waals surface area (Å²) in [6, 6.07) is 11.9. The lowest BCUT2D eigenvalue weighted by Crippen LogP contribution is -2.38. The molecule has 1 N–H and O–H groups in total. The first-order valence-corrected chi connectivity index (χ1v) is 10.9. The Balaban J connectivity index is 1.50. The molecular weight excluding hydrogens is 444 g/mol. The third-order valence-corrected chi connectivity index (χ3v) is 7.07. The maximum Gasteiger partial charge on any atom is 0.336 e. The summed E-state index contributed by atoms with van der Waals surface area (Å²) in [5, 5.41) is 20.5. The van der Waals surface area contributed by atoms with E-state index in [-0.39, 0.29) is 41.0 Å². The van der Waals surface area contributed by atoms with Gasteiger partial charge in [-0.2, -0.15) is 5.26 Å². The molecule has 0 aliphatic carbocycles. The molecule has 2 aliphatic rings. The van der Waals surface area contributed by atoms with E-state index in [4.69, 9.17) is 16.3 Å². The zero-order valence-electron chi connectivity index (χ0n) is 18.1. The van der Waals surface area contributed by atoms with Crippen LogP contribution in [0, 0.1) is 18.3 Å². The van der Waals surface area contributed by atoms with E-state index in [0.717, 1.165) is 5.56 Å². The number of methoxy groups -OCH3 is 1. The fourth-order valence-electron chi connectivity index (χ4n) is 5.00. The third-order valence-electron chi connectivity index (χ3n) is 6.59. The van der Waals surface area contributed by atoms with Gasteiger partial charge in [0.1, 0.15) is 17.5 Å². The molecule has 9 heteroatoms. The minimum Gasteiger partial charge on any atom is -0.497 e. The Hall–Kier alpha value is -3.70. The summed E-state index contributed by atoms with van der Waals surface area (Å²) in [6.07, 6.45) is 0.798. The number of benzene rings is 2. The maximum absolute atomic E-state index is 13.3. The van der Waals surface area contributed by atoms with Crippen molar-refractivity contribution in [2.75, 3.05) is 13.7 Å². The SMILES string of the molecule is COc1cccc(CC(=O)N2C[C@H]3CC2c2c(O)n(-c4ccc(C#N)c(Cl)c4C)c(=O)n23)c1. The van der Waals surface area contributed by atoms with Crippen molar-refractivity contribution in [1.29, 1.82) is 5.26 Å². The van der Waals surface area contributed by atoms with Crippen molar-refractivity contribution in [3.05, 3.63) is 74.3 Å². The van der Waals surface area contributed by atoms with Crippen LogP contribution in [0.15, 0.2) is 41.2 Å². The number of aromatic hydroxyl groups is 1. The lowest BCUT2D eigenvalue weighted by molar-refractivity contribution is -0.132. The Kier molecular flexibility index (Phi) is 4.94. The molecule has 0 spiro atoms. The first-order chi connectivity index (χ1) is 15.8. The fraction of sp³-hybridized carbons (Fsp3) is 0.292. The summed E-state index contributed by atoms with van der Waals surface area (Å²) in [4.78, 5) is 28.1. The second-order valence-electron chi connectivity index (χ2n) is 8.36. The van der Waals surface area contributed by atoms with Gasteiger partial charge in [-0.1, -0.05) is 23.7 Å². The van der Waals surface area contributed by atoms with Gasteiger partial charge in [-0.3, -0.25) is 9.36 Å². The molecule has 2 aromatic carbocycles. The van der Waals surface area contributed by atoms with E-state index >= 15 is 0 Å². The molecule has 2 aliphatic heterocycles. The lowest BCUT2D eigenvalue weighted by atomic mass is 10.1. The molecule has 3 aromatic rings. The monoisotopic (exact) mass is 464 g/mol. The van der Waals surface area contributed by atoms with Crippen molar-refractivity contribution >= 4 is 17.5 Å². The summed E-state index contributed by atoms with van der Waals surface area (Å²) >= 11 is 6.29. The highest BCUT2D eigenvalue weighted by Gasteiger charge is 2.49. The number of likely N-dealkylation sites (tertiary alicyclic amines) is 1. The average Bonchev–Trinajstić information content (AvgIpc) is 3.48. The van der Waals surface area contributed by atoms with Crippen molar-refractivity contribution in [3.63, 3.8) is 0 Å². The summed E-state index contributed by atoms with van der Waals surface area (Å²) < 4.78 is 8.04. The number of carbonyl (C=O) groups excluding carboxylic acids is 1. The van der Waals surface area contributed by atoms with Gasteiger partial charge in [-0.25, -0.2) is 9.36 Å². The van der Waals surface area contributed by atoms with E-state index in [1.165, 1.54) is 10.6 Å². The van der Waals surface area contributed by atoms with Gasteiger partial charge < -0.3 is 14.7 Å². The van der Waals surface area contributed by atoms with Crippen molar-refractivity contribution in [2.24, 2.45) is 0 Å². The van der Waals surface area contributed by atoms with Crippen LogP contribution in [0.4, 0.5) is 0 Å². The predicted molar refractivity (Wildman–Crippen MR) is 121 cm³/mol. The van der Waals surface area contributed by atoms with Gasteiger partial charge in [-0.05, 0) is 48.7 Å². The van der Waals surface area contributed by atoms with Crippen LogP contribution < -0.4 is 10.4 Å². The molecule has 2 bridgehead atoms. The highest BCUT2D eigenvalue weighted by atomic mass is 35.5. The van der Waals surface area contributed by atoms with E-state index in [2.05, 4.69) is 0 Å². The Morgan fingerprint density at radius 3 is 2.85 bits per heavy atom. The van der Waals surface area contributed by atoms with Gasteiger partial charge >= 0.3 is 5.69 Å². The predicted octanol–water partition coefficient (Wildman–Crippen LogP) is 3.26. The van der Waals surface area contributed by atoms with E-state index < -0.39 is 0 Å². The molecule has 1 saturated heterocycles. The first kappa shape index (κ1) is 21.2. The molecular formula is C24H21ClN4O4. The van der Waals surface area contributed by atoms with E-state index in [0.29, 0.717) is 41.2 Å². The molecule has 0 saturated carbocycles. The summed E-state index contributed by atoms with van der Waals surface area (Å²) in [5.41, 5.74) is 2.14. The minimum atomic E-state index is -0.379. The summed E-state index contributed by atoms with van der Waals surface area (Å²) in [5.74, 6) is 0.415. The number of imidazole rings is 1. The molecule has 3 heterocycles. The van der Waals surface area contributed by atoms with Crippen LogP contribution in [0.1, 0.15) is 40.9 Å². The number of nitrogens with zero attached hydrogens (tertiary/aromatic N) is 4. The number of hydrogen-bond acceptors (Lipinski definition) is 5. The van der Waals surface area contributed by atoms with Gasteiger partial charge in [0, 0.05) is 6.54 Å². The number of rotatable bonds is 4. The van der Waals surface area contributed by atoms with Crippen molar-refractivity contribution in [2.45, 2.75) is 31.8 Å². The molecule has 1 unspecified atom stereocenters. The number of nitriles is 1. The molecule has 5 rings (SSSR count). The van der Waals surface area contributed by atoms with Crippen molar-refractivity contribution < 1.29 is 14.6 Å². The van der Waals surface area contributed by atoms with Gasteiger partial charge in [0.05, 0.1) is 41.9 Å². The molecule has 0 radical (unpaired) electrons. The highest BCUT2D eigenvalue weighted by Crippen LogP contribution is 2.49. The topological polar surface area (TPSA) is 100 Å². The highest BCUT2D eigenvalue weighted by molar-refractivity contribution is 6.32. The Labute approximate surface area is 194 Å². The quantitative estimate of drug-likeness (QED) is 0.638. The second-order valence-corrected chi connectivity index (χ2v) is 8.74. The number of aromatic nitrogens is 2. The second kappa shape index (κ2) is 7.71. The third kappa shape index (κ3) is 3.11. The van der Waals surface area contributed by atoms with Crippen molar-refractivity contribution in [3.8, 4) is 23.4 Å². The van der Waals surface area contributed by atoms with Crippen LogP contribution in [0.3, 0.4) is 0 Å². The van der Waals surface area contributed by atoms with Crippen molar-refractivity contribution in [1.82, 2.24) is 14.0 Å². The largest absolute Gasteiger partial charge is 0.497 e. The van der Waals surface area contributed by atoms with Gasteiger partial charge in [0.2, 0.25) is 11.8 Å². The van der Waals surface area contributed by atoms with Crippen LogP contribution in [0.25, 0.3) is 5.69 Å². The Bertz CT molecular complexity index is 1400. The fourth-order valence-corrected chi connectivity index (χ4v) is 5.20. The molecule has 1 aromatic heterocycles. The van der Waals surface area contributed by atoms with Gasteiger partial charge in [0.15, 0.2) is 0 Å². The van der Waals surface area contributed by atoms with E-state index in [1.807, 2.05) is 30.3 Å². The molecule has 1 fully saturated rings. The van der Waals surface area contributed by atoms with Crippen LogP contribution >= 0.6 is 11.6 Å². The molecule has 8 nitrogen and oxygen atoms in total. The number of ether oxygens (including phenoxy) is 1. The number of fused-ring (bicyclic) bond motifs is 5. The molecule has 33 heavy (non-hydrogen) atoms. The smallest absolute Gasteiger partial charge is 0.336 e. The number of carbonyl (C=O) groups is 1.